The minimum Gasteiger partial charge on any atom is -0.351 e. The number of rotatable bonds is 4. The first-order valence-corrected chi connectivity index (χ1v) is 9.63. The fourth-order valence-corrected chi connectivity index (χ4v) is 4.04. The maximum atomic E-state index is 13.0. The number of nitrogens with one attached hydrogen (secondary N) is 3. The lowest BCUT2D eigenvalue weighted by atomic mass is 9.80. The van der Waals surface area contributed by atoms with Gasteiger partial charge in [-0.1, -0.05) is 56.7 Å². The van der Waals surface area contributed by atoms with Crippen molar-refractivity contribution in [2.24, 2.45) is 0 Å². The summed E-state index contributed by atoms with van der Waals surface area (Å²) in [5.74, 6) is 0.00214. The minimum absolute atomic E-state index is 0.00214. The second-order valence-corrected chi connectivity index (χ2v) is 7.40. The zero-order valence-corrected chi connectivity index (χ0v) is 14.9. The van der Waals surface area contributed by atoms with Gasteiger partial charge in [0.2, 0.25) is 5.91 Å². The highest BCUT2D eigenvalue weighted by Crippen LogP contribution is 2.29. The molecule has 0 heterocycles. The van der Waals surface area contributed by atoms with E-state index < -0.39 is 5.54 Å². The van der Waals surface area contributed by atoms with Crippen LogP contribution in [0.4, 0.5) is 10.5 Å². The first-order valence-electron chi connectivity index (χ1n) is 9.63. The van der Waals surface area contributed by atoms with Crippen molar-refractivity contribution < 1.29 is 9.59 Å². The second kappa shape index (κ2) is 8.37. The fraction of sp³-hybridized carbons (Fsp3) is 0.600. The van der Waals surface area contributed by atoms with E-state index in [1.807, 2.05) is 30.3 Å². The molecule has 136 valence electrons. The first-order chi connectivity index (χ1) is 12.2. The highest BCUT2D eigenvalue weighted by atomic mass is 16.2. The lowest BCUT2D eigenvalue weighted by Crippen LogP contribution is -2.62. The number of benzene rings is 1. The van der Waals surface area contributed by atoms with E-state index >= 15 is 0 Å². The molecule has 0 unspecified atom stereocenters. The standard InChI is InChI=1S/C20H29N3O2/c24-18(21-16-10-4-1-5-11-16)20(14-8-3-9-15-20)23-19(25)22-17-12-6-2-7-13-17/h2,6-7,12-13,16H,1,3-5,8-11,14-15H2,(H,21,24)(H2,22,23,25). The van der Waals surface area contributed by atoms with Gasteiger partial charge < -0.3 is 16.0 Å². The number of urea groups is 1. The van der Waals surface area contributed by atoms with E-state index in [2.05, 4.69) is 16.0 Å². The van der Waals surface area contributed by atoms with Gasteiger partial charge in [0.1, 0.15) is 5.54 Å². The molecule has 0 spiro atoms. The molecule has 3 amide bonds. The Labute approximate surface area is 150 Å². The molecular formula is C20H29N3O2. The molecule has 0 aromatic heterocycles. The predicted molar refractivity (Wildman–Crippen MR) is 99.4 cm³/mol. The number of carbonyl (C=O) groups excluding carboxylic acids is 2. The van der Waals surface area contributed by atoms with Crippen LogP contribution in [0.25, 0.3) is 0 Å². The predicted octanol–water partition coefficient (Wildman–Crippen LogP) is 3.96. The zero-order valence-electron chi connectivity index (χ0n) is 14.9. The Balaban J connectivity index is 1.65. The summed E-state index contributed by atoms with van der Waals surface area (Å²) in [4.78, 5) is 25.5. The molecule has 3 N–H and O–H groups in total. The zero-order chi connectivity index (χ0) is 17.5. The van der Waals surface area contributed by atoms with Gasteiger partial charge in [0.25, 0.3) is 0 Å². The Morgan fingerprint density at radius 1 is 0.880 bits per heavy atom. The molecule has 0 bridgehead atoms. The van der Waals surface area contributed by atoms with Crippen LogP contribution in [0.15, 0.2) is 30.3 Å². The van der Waals surface area contributed by atoms with Crippen molar-refractivity contribution >= 4 is 17.6 Å². The number of hydrogen-bond acceptors (Lipinski definition) is 2. The van der Waals surface area contributed by atoms with Gasteiger partial charge >= 0.3 is 6.03 Å². The summed E-state index contributed by atoms with van der Waals surface area (Å²) in [5, 5.41) is 9.07. The maximum Gasteiger partial charge on any atom is 0.320 e. The summed E-state index contributed by atoms with van der Waals surface area (Å²) >= 11 is 0. The average molecular weight is 343 g/mol. The van der Waals surface area contributed by atoms with Gasteiger partial charge in [-0.05, 0) is 37.8 Å². The summed E-state index contributed by atoms with van der Waals surface area (Å²) in [6.07, 6.45) is 10.2. The lowest BCUT2D eigenvalue weighted by molar-refractivity contribution is -0.129. The average Bonchev–Trinajstić information content (AvgIpc) is 2.64. The van der Waals surface area contributed by atoms with E-state index in [-0.39, 0.29) is 18.0 Å². The van der Waals surface area contributed by atoms with E-state index in [0.29, 0.717) is 12.8 Å². The number of carbonyl (C=O) groups is 2. The minimum atomic E-state index is -0.769. The van der Waals surface area contributed by atoms with Crippen molar-refractivity contribution in [2.45, 2.75) is 75.8 Å². The Hall–Kier alpha value is -2.04. The van der Waals surface area contributed by atoms with Crippen molar-refractivity contribution in [1.29, 1.82) is 0 Å². The van der Waals surface area contributed by atoms with Crippen LogP contribution < -0.4 is 16.0 Å². The highest BCUT2D eigenvalue weighted by Gasteiger charge is 2.41. The summed E-state index contributed by atoms with van der Waals surface area (Å²) < 4.78 is 0. The molecule has 25 heavy (non-hydrogen) atoms. The molecule has 2 fully saturated rings. The summed E-state index contributed by atoms with van der Waals surface area (Å²) in [6, 6.07) is 9.31. The molecule has 0 atom stereocenters. The van der Waals surface area contributed by atoms with E-state index in [1.165, 1.54) is 19.3 Å². The molecule has 0 saturated heterocycles. The third kappa shape index (κ3) is 4.74. The van der Waals surface area contributed by atoms with Gasteiger partial charge in [-0.2, -0.15) is 0 Å². The molecule has 2 aliphatic carbocycles. The quantitative estimate of drug-likeness (QED) is 0.774. The SMILES string of the molecule is O=C(Nc1ccccc1)NC1(C(=O)NC2CCCCC2)CCCCC1. The van der Waals surface area contributed by atoms with Gasteiger partial charge in [-0.25, -0.2) is 4.79 Å². The van der Waals surface area contributed by atoms with E-state index in [0.717, 1.165) is 37.8 Å². The first kappa shape index (κ1) is 17.8. The van der Waals surface area contributed by atoms with Crippen molar-refractivity contribution in [1.82, 2.24) is 10.6 Å². The number of amides is 3. The lowest BCUT2D eigenvalue weighted by Gasteiger charge is -2.38. The van der Waals surface area contributed by atoms with Crippen molar-refractivity contribution in [2.75, 3.05) is 5.32 Å². The Bertz CT molecular complexity index is 576. The van der Waals surface area contributed by atoms with Crippen LogP contribution >= 0.6 is 0 Å². The number of anilines is 1. The summed E-state index contributed by atoms with van der Waals surface area (Å²) in [6.45, 7) is 0. The highest BCUT2D eigenvalue weighted by molar-refractivity contribution is 5.96. The van der Waals surface area contributed by atoms with Gasteiger partial charge in [-0.3, -0.25) is 4.79 Å². The van der Waals surface area contributed by atoms with E-state index in [1.54, 1.807) is 0 Å². The number of para-hydroxylation sites is 1. The molecule has 5 heteroatoms. The van der Waals surface area contributed by atoms with Gasteiger partial charge in [0, 0.05) is 11.7 Å². The molecular weight excluding hydrogens is 314 g/mol. The molecule has 0 aliphatic heterocycles. The van der Waals surface area contributed by atoms with Crippen LogP contribution in [0.3, 0.4) is 0 Å². The summed E-state index contributed by atoms with van der Waals surface area (Å²) in [7, 11) is 0. The second-order valence-electron chi connectivity index (χ2n) is 7.40. The third-order valence-corrected chi connectivity index (χ3v) is 5.47. The van der Waals surface area contributed by atoms with Crippen LogP contribution in [-0.4, -0.2) is 23.5 Å². The van der Waals surface area contributed by atoms with Crippen LogP contribution in [0.2, 0.25) is 0 Å². The molecule has 1 aromatic carbocycles. The normalized spacial score (nSPS) is 20.5. The van der Waals surface area contributed by atoms with Crippen molar-refractivity contribution in [3.8, 4) is 0 Å². The largest absolute Gasteiger partial charge is 0.351 e. The van der Waals surface area contributed by atoms with E-state index in [4.69, 9.17) is 0 Å². The molecule has 1 aromatic rings. The Kier molecular flexibility index (Phi) is 5.95. The topological polar surface area (TPSA) is 70.2 Å². The van der Waals surface area contributed by atoms with Gasteiger partial charge in [0.05, 0.1) is 0 Å². The smallest absolute Gasteiger partial charge is 0.320 e. The Morgan fingerprint density at radius 3 is 2.20 bits per heavy atom. The van der Waals surface area contributed by atoms with Crippen LogP contribution in [0.5, 0.6) is 0 Å². The maximum absolute atomic E-state index is 13.0. The van der Waals surface area contributed by atoms with Crippen LogP contribution in [0, 0.1) is 0 Å². The molecule has 2 aliphatic rings. The van der Waals surface area contributed by atoms with Gasteiger partial charge in [0.15, 0.2) is 0 Å². The van der Waals surface area contributed by atoms with Crippen molar-refractivity contribution in [3.05, 3.63) is 30.3 Å². The number of hydrogen-bond donors (Lipinski definition) is 3. The van der Waals surface area contributed by atoms with Crippen LogP contribution in [-0.2, 0) is 4.79 Å². The van der Waals surface area contributed by atoms with Gasteiger partial charge in [-0.15, -0.1) is 0 Å². The van der Waals surface area contributed by atoms with E-state index in [9.17, 15) is 9.59 Å². The summed E-state index contributed by atoms with van der Waals surface area (Å²) in [5.41, 5.74) is -0.0344. The third-order valence-electron chi connectivity index (χ3n) is 5.47. The molecule has 2 saturated carbocycles. The van der Waals surface area contributed by atoms with Crippen LogP contribution in [0.1, 0.15) is 64.2 Å². The monoisotopic (exact) mass is 343 g/mol. The Morgan fingerprint density at radius 2 is 1.52 bits per heavy atom. The molecule has 0 radical (unpaired) electrons. The molecule has 3 rings (SSSR count). The molecule has 5 nitrogen and oxygen atoms in total. The van der Waals surface area contributed by atoms with Crippen molar-refractivity contribution in [3.63, 3.8) is 0 Å². The fourth-order valence-electron chi connectivity index (χ4n) is 4.04.